The van der Waals surface area contributed by atoms with Crippen LogP contribution in [0.3, 0.4) is 0 Å². The van der Waals surface area contributed by atoms with Gasteiger partial charge in [-0.05, 0) is 69.6 Å². The van der Waals surface area contributed by atoms with E-state index < -0.39 is 69.4 Å². The van der Waals surface area contributed by atoms with Crippen LogP contribution in [0.25, 0.3) is 0 Å². The van der Waals surface area contributed by atoms with E-state index in [1.807, 2.05) is 0 Å². The molecule has 10 nitrogen and oxygen atoms in total. The first-order valence-corrected chi connectivity index (χ1v) is 19.5. The number of halogens is 6. The summed E-state index contributed by atoms with van der Waals surface area (Å²) in [5.74, 6) is -2.86. The molecule has 4 heterocycles. The molecule has 2 aromatic heterocycles. The molecule has 2 amide bonds. The van der Waals surface area contributed by atoms with Crippen molar-refractivity contribution >= 4 is 29.1 Å². The minimum absolute atomic E-state index is 0.0266. The number of nitrogens with zero attached hydrogens (tertiary/aromatic N) is 3. The molecule has 304 valence electrons. The highest BCUT2D eigenvalue weighted by atomic mass is 32.1. The molecule has 56 heavy (non-hydrogen) atoms. The van der Waals surface area contributed by atoms with Gasteiger partial charge in [-0.15, -0.1) is 11.3 Å². The van der Waals surface area contributed by atoms with Gasteiger partial charge in [0, 0.05) is 49.3 Å². The van der Waals surface area contributed by atoms with Crippen LogP contribution in [0.1, 0.15) is 97.6 Å². The predicted molar refractivity (Wildman–Crippen MR) is 191 cm³/mol. The molecule has 3 aromatic rings. The fourth-order valence-corrected chi connectivity index (χ4v) is 8.93. The Morgan fingerprint density at radius 3 is 2.27 bits per heavy atom. The van der Waals surface area contributed by atoms with Crippen LogP contribution in [0.5, 0.6) is 11.5 Å². The van der Waals surface area contributed by atoms with E-state index >= 15 is 0 Å². The minimum atomic E-state index is -4.92. The van der Waals surface area contributed by atoms with Crippen molar-refractivity contribution in [3.63, 3.8) is 0 Å². The molecule has 2 N–H and O–H groups in total. The van der Waals surface area contributed by atoms with Gasteiger partial charge >= 0.3 is 18.3 Å². The Hall–Kier alpha value is -4.38. The first-order chi connectivity index (χ1) is 26.5. The number of carboxylic acid groups (broad SMARTS) is 1. The number of aliphatic carboxylic acids is 1. The molecular formula is C39H43F6N3O7S. The molecule has 1 aromatic carbocycles. The Balaban J connectivity index is 1.29. The number of hydrogen-bond acceptors (Lipinski definition) is 8. The lowest BCUT2D eigenvalue weighted by molar-refractivity contribution is -0.163. The number of thiophene rings is 1. The second-order valence-electron chi connectivity index (χ2n) is 14.7. The van der Waals surface area contributed by atoms with E-state index in [-0.39, 0.29) is 63.6 Å². The first-order valence-electron chi connectivity index (χ1n) is 18.7. The average molecular weight is 812 g/mol. The van der Waals surface area contributed by atoms with Crippen LogP contribution in [-0.2, 0) is 27.5 Å². The van der Waals surface area contributed by atoms with Crippen molar-refractivity contribution in [2.75, 3.05) is 19.6 Å². The lowest BCUT2D eigenvalue weighted by atomic mass is 9.78. The van der Waals surface area contributed by atoms with Gasteiger partial charge in [0.25, 0.3) is 11.8 Å². The Bertz CT molecular complexity index is 1890. The fourth-order valence-electron chi connectivity index (χ4n) is 8.25. The van der Waals surface area contributed by atoms with Crippen molar-refractivity contribution < 1.29 is 60.4 Å². The third-order valence-corrected chi connectivity index (χ3v) is 12.1. The van der Waals surface area contributed by atoms with Gasteiger partial charge in [-0.2, -0.15) is 26.3 Å². The number of likely N-dealkylation sites (tertiary alicyclic amines) is 2. The number of carboxylic acids is 1. The van der Waals surface area contributed by atoms with Crippen molar-refractivity contribution in [3.8, 4) is 11.5 Å². The molecule has 0 bridgehead atoms. The van der Waals surface area contributed by atoms with Crippen LogP contribution in [0.4, 0.5) is 26.3 Å². The highest BCUT2D eigenvalue weighted by Crippen LogP contribution is 2.45. The Labute approximate surface area is 323 Å². The van der Waals surface area contributed by atoms with E-state index in [0.29, 0.717) is 54.8 Å². The minimum Gasteiger partial charge on any atom is -0.490 e. The van der Waals surface area contributed by atoms with Crippen LogP contribution in [0, 0.1) is 5.92 Å². The van der Waals surface area contributed by atoms with Crippen LogP contribution in [0.2, 0.25) is 0 Å². The molecule has 6 rings (SSSR count). The molecule has 2 saturated heterocycles. The lowest BCUT2D eigenvalue weighted by Gasteiger charge is -2.51. The molecular weight excluding hydrogens is 768 g/mol. The largest absolute Gasteiger partial charge is 0.490 e. The maximum atomic E-state index is 15.0. The molecule has 0 spiro atoms. The summed E-state index contributed by atoms with van der Waals surface area (Å²) in [6, 6.07) is 8.32. The molecule has 2 atom stereocenters. The van der Waals surface area contributed by atoms with Gasteiger partial charge in [0.15, 0.2) is 0 Å². The second kappa shape index (κ2) is 16.2. The van der Waals surface area contributed by atoms with Crippen molar-refractivity contribution in [2.24, 2.45) is 5.92 Å². The van der Waals surface area contributed by atoms with Crippen LogP contribution >= 0.6 is 11.3 Å². The smallest absolute Gasteiger partial charge is 0.425 e. The predicted octanol–water partition coefficient (Wildman–Crippen LogP) is 7.94. The molecule has 0 radical (unpaired) electrons. The molecule has 17 heteroatoms. The van der Waals surface area contributed by atoms with Gasteiger partial charge in [-0.1, -0.05) is 31.5 Å². The molecule has 1 aliphatic carbocycles. The van der Waals surface area contributed by atoms with Gasteiger partial charge in [-0.25, -0.2) is 0 Å². The van der Waals surface area contributed by atoms with Crippen molar-refractivity contribution in [2.45, 2.75) is 107 Å². The normalized spacial score (nSPS) is 24.4. The van der Waals surface area contributed by atoms with Crippen molar-refractivity contribution in [1.29, 1.82) is 0 Å². The zero-order chi connectivity index (χ0) is 40.5. The van der Waals surface area contributed by atoms with E-state index in [1.165, 1.54) is 4.90 Å². The van der Waals surface area contributed by atoms with E-state index in [1.54, 1.807) is 31.2 Å². The van der Waals surface area contributed by atoms with Gasteiger partial charge in [-0.3, -0.25) is 19.4 Å². The van der Waals surface area contributed by atoms with Crippen LogP contribution < -0.4 is 9.47 Å². The molecule has 3 aliphatic rings. The summed E-state index contributed by atoms with van der Waals surface area (Å²) in [5.41, 5.74) is -5.09. The molecule has 2 aliphatic heterocycles. The van der Waals surface area contributed by atoms with E-state index in [2.05, 4.69) is 4.98 Å². The standard InChI is InChI=1S/C39H43F6N3O7S/c1-2-7-30-37(55-26-22-31(56-23-26)39(43,44)45,15-6-19-48(30)33(49)32-28(38(40,41)42)9-5-18-46-32)35(52)47-20-16-36(53,17-21-47)27-8-3-4-10-29(27)54-25-13-11-24(12-14-25)34(50)51/h3-5,8-10,18,22-25,30,53H,2,6-7,11-17,19-21H2,1H3,(H,50,51)/t24-,25+,30-,37+/m1/s1. The van der Waals surface area contributed by atoms with Crippen LogP contribution in [0.15, 0.2) is 54.0 Å². The van der Waals surface area contributed by atoms with Crippen molar-refractivity contribution in [1.82, 2.24) is 14.8 Å². The fraction of sp³-hybridized carbons (Fsp3) is 0.538. The van der Waals surface area contributed by atoms with Gasteiger partial charge in [0.2, 0.25) is 5.60 Å². The zero-order valence-electron chi connectivity index (χ0n) is 30.6. The lowest BCUT2D eigenvalue weighted by Crippen LogP contribution is -2.68. The summed E-state index contributed by atoms with van der Waals surface area (Å²) in [7, 11) is 0. The van der Waals surface area contributed by atoms with E-state index in [9.17, 15) is 50.9 Å². The number of hydrogen-bond donors (Lipinski definition) is 2. The summed E-state index contributed by atoms with van der Waals surface area (Å²) < 4.78 is 95.9. The Morgan fingerprint density at radius 1 is 0.946 bits per heavy atom. The number of rotatable bonds is 10. The topological polar surface area (TPSA) is 130 Å². The number of amides is 2. The number of aliphatic hydroxyl groups is 1. The number of carbonyl (C=O) groups is 3. The summed E-state index contributed by atoms with van der Waals surface area (Å²) in [5, 5.41) is 22.5. The summed E-state index contributed by atoms with van der Waals surface area (Å²) >= 11 is 0.365. The summed E-state index contributed by atoms with van der Waals surface area (Å²) in [4.78, 5) is 45.8. The number of piperidine rings is 2. The monoisotopic (exact) mass is 811 g/mol. The number of pyridine rings is 1. The number of alkyl halides is 6. The second-order valence-corrected chi connectivity index (χ2v) is 15.6. The number of benzene rings is 1. The highest BCUT2D eigenvalue weighted by Gasteiger charge is 2.57. The van der Waals surface area contributed by atoms with E-state index in [0.717, 1.165) is 34.7 Å². The number of ether oxygens (including phenoxy) is 2. The van der Waals surface area contributed by atoms with Crippen LogP contribution in [-0.4, -0.2) is 80.2 Å². The maximum Gasteiger partial charge on any atom is 0.425 e. The summed E-state index contributed by atoms with van der Waals surface area (Å²) in [6.07, 6.45) is -6.34. The number of carbonyl (C=O) groups excluding carboxylic acids is 2. The maximum absolute atomic E-state index is 15.0. The third-order valence-electron chi connectivity index (χ3n) is 11.1. The quantitative estimate of drug-likeness (QED) is 0.198. The average Bonchev–Trinajstić information content (AvgIpc) is 3.65. The van der Waals surface area contributed by atoms with Gasteiger partial charge < -0.3 is 29.5 Å². The zero-order valence-corrected chi connectivity index (χ0v) is 31.4. The molecule has 1 saturated carbocycles. The third kappa shape index (κ3) is 8.48. The number of aromatic nitrogens is 1. The van der Waals surface area contributed by atoms with Gasteiger partial charge in [0.05, 0.1) is 29.2 Å². The number of para-hydroxylation sites is 1. The van der Waals surface area contributed by atoms with Gasteiger partial charge in [0.1, 0.15) is 22.1 Å². The Kier molecular flexibility index (Phi) is 12.0. The highest BCUT2D eigenvalue weighted by molar-refractivity contribution is 7.10. The van der Waals surface area contributed by atoms with Crippen molar-refractivity contribution in [3.05, 3.63) is 75.7 Å². The summed E-state index contributed by atoms with van der Waals surface area (Å²) in [6.45, 7) is 1.64. The first kappa shape index (κ1) is 41.3. The molecule has 3 fully saturated rings. The van der Waals surface area contributed by atoms with E-state index in [4.69, 9.17) is 9.47 Å². The SMILES string of the molecule is CCC[C@H]1N(C(=O)c2ncccc2C(F)(F)F)CCC[C@@]1(Oc1csc(C(F)(F)F)c1)C(=O)N1CCC(O)(c2ccccc2O[C@H]2CC[C@@H](C(=O)O)CC2)CC1. The Morgan fingerprint density at radius 2 is 1.64 bits per heavy atom. The molecule has 0 unspecified atom stereocenters.